The molecule has 0 aliphatic carbocycles. The molecule has 1 aromatic carbocycles. The Hall–Kier alpha value is -1.30. The average Bonchev–Trinajstić information content (AvgIpc) is 2.39. The second-order valence-corrected chi connectivity index (χ2v) is 3.83. The van der Waals surface area contributed by atoms with Crippen molar-refractivity contribution in [2.24, 2.45) is 5.84 Å². The minimum atomic E-state index is 0.536. The van der Waals surface area contributed by atoms with E-state index in [0.29, 0.717) is 19.8 Å². The predicted octanol–water partition coefficient (Wildman–Crippen LogP) is 1.33. The van der Waals surface area contributed by atoms with Crippen molar-refractivity contribution in [2.75, 3.05) is 33.5 Å². The number of rotatable bonds is 10. The van der Waals surface area contributed by atoms with E-state index < -0.39 is 0 Å². The number of hydrazine groups is 1. The average molecular weight is 254 g/mol. The van der Waals surface area contributed by atoms with Crippen molar-refractivity contribution in [1.82, 2.24) is 5.43 Å². The molecule has 18 heavy (non-hydrogen) atoms. The second kappa shape index (κ2) is 9.70. The molecule has 5 nitrogen and oxygen atoms in total. The molecule has 1 rings (SSSR count). The van der Waals surface area contributed by atoms with Gasteiger partial charge in [-0.05, 0) is 25.0 Å². The SMILES string of the molecule is COCCCCOc1cccc(OCCNN)c1. The lowest BCUT2D eigenvalue weighted by molar-refractivity contribution is 0.184. The molecule has 102 valence electrons. The molecule has 0 aromatic heterocycles. The highest BCUT2D eigenvalue weighted by Gasteiger charge is 1.98. The van der Waals surface area contributed by atoms with Gasteiger partial charge in [-0.15, -0.1) is 0 Å². The van der Waals surface area contributed by atoms with E-state index in [0.717, 1.165) is 30.9 Å². The summed E-state index contributed by atoms with van der Waals surface area (Å²) >= 11 is 0. The van der Waals surface area contributed by atoms with E-state index in [4.69, 9.17) is 20.1 Å². The van der Waals surface area contributed by atoms with Gasteiger partial charge in [0.2, 0.25) is 0 Å². The van der Waals surface area contributed by atoms with Gasteiger partial charge in [0.05, 0.1) is 6.61 Å². The predicted molar refractivity (Wildman–Crippen MR) is 70.7 cm³/mol. The number of methoxy groups -OCH3 is 1. The van der Waals surface area contributed by atoms with Gasteiger partial charge in [-0.1, -0.05) is 6.07 Å². The highest BCUT2D eigenvalue weighted by atomic mass is 16.5. The van der Waals surface area contributed by atoms with E-state index in [1.807, 2.05) is 24.3 Å². The summed E-state index contributed by atoms with van der Waals surface area (Å²) in [5, 5.41) is 0. The summed E-state index contributed by atoms with van der Waals surface area (Å²) in [5.41, 5.74) is 2.54. The van der Waals surface area contributed by atoms with Gasteiger partial charge in [0, 0.05) is 26.3 Å². The Morgan fingerprint density at radius 2 is 1.72 bits per heavy atom. The zero-order chi connectivity index (χ0) is 13.1. The van der Waals surface area contributed by atoms with Gasteiger partial charge in [-0.2, -0.15) is 0 Å². The third-order valence-electron chi connectivity index (χ3n) is 2.33. The fraction of sp³-hybridized carbons (Fsp3) is 0.538. The molecule has 0 saturated carbocycles. The summed E-state index contributed by atoms with van der Waals surface area (Å²) in [6.07, 6.45) is 1.99. The Bertz CT molecular complexity index is 321. The Morgan fingerprint density at radius 3 is 2.39 bits per heavy atom. The first-order chi connectivity index (χ1) is 8.86. The van der Waals surface area contributed by atoms with Crippen molar-refractivity contribution >= 4 is 0 Å². The normalized spacial score (nSPS) is 10.3. The molecule has 0 saturated heterocycles. The molecule has 0 atom stereocenters. The Morgan fingerprint density at radius 1 is 1.06 bits per heavy atom. The summed E-state index contributed by atoms with van der Waals surface area (Å²) in [5.74, 6) is 6.78. The van der Waals surface area contributed by atoms with Crippen LogP contribution >= 0.6 is 0 Å². The van der Waals surface area contributed by atoms with Crippen molar-refractivity contribution in [1.29, 1.82) is 0 Å². The van der Waals surface area contributed by atoms with Crippen LogP contribution < -0.4 is 20.7 Å². The van der Waals surface area contributed by atoms with Crippen molar-refractivity contribution in [3.63, 3.8) is 0 Å². The maximum atomic E-state index is 5.62. The van der Waals surface area contributed by atoms with E-state index in [-0.39, 0.29) is 0 Å². The van der Waals surface area contributed by atoms with Gasteiger partial charge in [-0.25, -0.2) is 0 Å². The Labute approximate surface area is 108 Å². The monoisotopic (exact) mass is 254 g/mol. The van der Waals surface area contributed by atoms with E-state index in [1.54, 1.807) is 7.11 Å². The maximum absolute atomic E-state index is 5.62. The number of benzene rings is 1. The zero-order valence-corrected chi connectivity index (χ0v) is 10.9. The number of ether oxygens (including phenoxy) is 3. The van der Waals surface area contributed by atoms with Gasteiger partial charge in [0.25, 0.3) is 0 Å². The van der Waals surface area contributed by atoms with Gasteiger partial charge in [-0.3, -0.25) is 11.3 Å². The minimum Gasteiger partial charge on any atom is -0.493 e. The molecule has 0 heterocycles. The number of hydrogen-bond acceptors (Lipinski definition) is 5. The summed E-state index contributed by atoms with van der Waals surface area (Å²) in [7, 11) is 1.71. The van der Waals surface area contributed by atoms with Gasteiger partial charge >= 0.3 is 0 Å². The van der Waals surface area contributed by atoms with E-state index in [2.05, 4.69) is 5.43 Å². The van der Waals surface area contributed by atoms with Crippen LogP contribution in [-0.2, 0) is 4.74 Å². The first kappa shape index (κ1) is 14.8. The van der Waals surface area contributed by atoms with Crippen LogP contribution in [0.25, 0.3) is 0 Å². The standard InChI is InChI=1S/C13H22N2O3/c1-16-8-2-3-9-17-12-5-4-6-13(11-12)18-10-7-15-14/h4-6,11,15H,2-3,7-10,14H2,1H3. The molecule has 0 bridgehead atoms. The van der Waals surface area contributed by atoms with E-state index in [9.17, 15) is 0 Å². The third-order valence-corrected chi connectivity index (χ3v) is 2.33. The molecule has 3 N–H and O–H groups in total. The fourth-order valence-electron chi connectivity index (χ4n) is 1.42. The van der Waals surface area contributed by atoms with Gasteiger partial charge in [0.1, 0.15) is 18.1 Å². The van der Waals surface area contributed by atoms with E-state index in [1.165, 1.54) is 0 Å². The molecule has 0 radical (unpaired) electrons. The van der Waals surface area contributed by atoms with Gasteiger partial charge < -0.3 is 14.2 Å². The highest BCUT2D eigenvalue weighted by molar-refractivity contribution is 5.32. The van der Waals surface area contributed by atoms with Crippen LogP contribution in [-0.4, -0.2) is 33.5 Å². The fourth-order valence-corrected chi connectivity index (χ4v) is 1.42. The van der Waals surface area contributed by atoms with Crippen molar-refractivity contribution in [3.05, 3.63) is 24.3 Å². The molecule has 5 heteroatoms. The molecule has 1 aromatic rings. The number of hydrogen-bond donors (Lipinski definition) is 2. The van der Waals surface area contributed by atoms with Crippen LogP contribution in [0.4, 0.5) is 0 Å². The topological polar surface area (TPSA) is 65.7 Å². The molecule has 0 aliphatic heterocycles. The largest absolute Gasteiger partial charge is 0.493 e. The van der Waals surface area contributed by atoms with Crippen LogP contribution in [0, 0.1) is 0 Å². The van der Waals surface area contributed by atoms with Crippen LogP contribution in [0.1, 0.15) is 12.8 Å². The summed E-state index contributed by atoms with van der Waals surface area (Å²) in [4.78, 5) is 0. The lowest BCUT2D eigenvalue weighted by Gasteiger charge is -2.09. The van der Waals surface area contributed by atoms with Crippen LogP contribution in [0.15, 0.2) is 24.3 Å². The number of unbranched alkanes of at least 4 members (excludes halogenated alkanes) is 1. The number of nitrogens with two attached hydrogens (primary N) is 1. The smallest absolute Gasteiger partial charge is 0.123 e. The zero-order valence-electron chi connectivity index (χ0n) is 10.9. The van der Waals surface area contributed by atoms with Crippen LogP contribution in [0.5, 0.6) is 11.5 Å². The summed E-state index contributed by atoms with van der Waals surface area (Å²) in [6, 6.07) is 7.61. The van der Waals surface area contributed by atoms with Crippen molar-refractivity contribution in [3.8, 4) is 11.5 Å². The Kier molecular flexibility index (Phi) is 7.96. The molecular weight excluding hydrogens is 232 g/mol. The van der Waals surface area contributed by atoms with Gasteiger partial charge in [0.15, 0.2) is 0 Å². The quantitative estimate of drug-likeness (QED) is 0.375. The highest BCUT2D eigenvalue weighted by Crippen LogP contribution is 2.19. The van der Waals surface area contributed by atoms with Crippen LogP contribution in [0.3, 0.4) is 0 Å². The molecule has 0 aliphatic rings. The van der Waals surface area contributed by atoms with E-state index >= 15 is 0 Å². The number of nitrogens with one attached hydrogen (secondary N) is 1. The summed E-state index contributed by atoms with van der Waals surface area (Å²) in [6.45, 7) is 2.62. The summed E-state index contributed by atoms with van der Waals surface area (Å²) < 4.78 is 16.1. The minimum absolute atomic E-state index is 0.536. The third kappa shape index (κ3) is 6.44. The Balaban J connectivity index is 2.26. The van der Waals surface area contributed by atoms with Crippen LogP contribution in [0.2, 0.25) is 0 Å². The molecule has 0 spiro atoms. The van der Waals surface area contributed by atoms with Crippen molar-refractivity contribution < 1.29 is 14.2 Å². The molecule has 0 unspecified atom stereocenters. The maximum Gasteiger partial charge on any atom is 0.123 e. The molecular formula is C13H22N2O3. The lowest BCUT2D eigenvalue weighted by Crippen LogP contribution is -2.27. The first-order valence-electron chi connectivity index (χ1n) is 6.15. The first-order valence-corrected chi connectivity index (χ1v) is 6.15. The molecule has 0 amide bonds. The van der Waals surface area contributed by atoms with Crippen molar-refractivity contribution in [2.45, 2.75) is 12.8 Å². The lowest BCUT2D eigenvalue weighted by atomic mass is 10.3. The second-order valence-electron chi connectivity index (χ2n) is 3.83. The molecule has 0 fully saturated rings.